The van der Waals surface area contributed by atoms with Gasteiger partial charge in [0.1, 0.15) is 11.5 Å². The molecule has 7 heteroatoms. The summed E-state index contributed by atoms with van der Waals surface area (Å²) in [6.07, 6.45) is 2.94. The van der Waals surface area contributed by atoms with Crippen LogP contribution in [0.2, 0.25) is 5.02 Å². The maximum atomic E-state index is 12.3. The van der Waals surface area contributed by atoms with Gasteiger partial charge in [-0.1, -0.05) is 17.7 Å². The molecule has 2 aromatic carbocycles. The molecule has 0 atom stereocenters. The van der Waals surface area contributed by atoms with Crippen molar-refractivity contribution in [2.24, 2.45) is 0 Å². The Balaban J connectivity index is 1.65. The summed E-state index contributed by atoms with van der Waals surface area (Å²) in [6, 6.07) is 13.2. The molecule has 6 nitrogen and oxygen atoms in total. The largest absolute Gasteiger partial charge is 0.378 e. The van der Waals surface area contributed by atoms with Crippen LogP contribution >= 0.6 is 11.6 Å². The third kappa shape index (κ3) is 4.74. The van der Waals surface area contributed by atoms with E-state index in [2.05, 4.69) is 20.6 Å². The van der Waals surface area contributed by atoms with E-state index in [9.17, 15) is 4.79 Å². The van der Waals surface area contributed by atoms with Crippen molar-refractivity contribution in [3.8, 4) is 0 Å². The van der Waals surface area contributed by atoms with Gasteiger partial charge >= 0.3 is 0 Å². The number of benzene rings is 2. The van der Waals surface area contributed by atoms with Crippen LogP contribution in [0.1, 0.15) is 16.1 Å². The molecule has 27 heavy (non-hydrogen) atoms. The normalized spacial score (nSPS) is 10.4. The number of hydrogen-bond acceptors (Lipinski definition) is 5. The van der Waals surface area contributed by atoms with E-state index in [1.165, 1.54) is 12.4 Å². The maximum Gasteiger partial charge on any atom is 0.275 e. The summed E-state index contributed by atoms with van der Waals surface area (Å²) in [6.45, 7) is 1.94. The van der Waals surface area contributed by atoms with Crippen molar-refractivity contribution >= 4 is 40.4 Å². The zero-order valence-electron chi connectivity index (χ0n) is 15.3. The van der Waals surface area contributed by atoms with E-state index in [0.717, 1.165) is 16.9 Å². The number of rotatable bonds is 5. The Hall–Kier alpha value is -3.12. The van der Waals surface area contributed by atoms with Crippen molar-refractivity contribution in [2.45, 2.75) is 6.92 Å². The highest BCUT2D eigenvalue weighted by molar-refractivity contribution is 6.31. The minimum absolute atomic E-state index is 0.235. The predicted octanol–water partition coefficient (Wildman–Crippen LogP) is 4.50. The van der Waals surface area contributed by atoms with Crippen LogP contribution in [0.4, 0.5) is 22.9 Å². The van der Waals surface area contributed by atoms with Crippen molar-refractivity contribution < 1.29 is 4.79 Å². The van der Waals surface area contributed by atoms with Gasteiger partial charge in [0.15, 0.2) is 0 Å². The van der Waals surface area contributed by atoms with E-state index in [-0.39, 0.29) is 11.6 Å². The second-order valence-electron chi connectivity index (χ2n) is 6.27. The maximum absolute atomic E-state index is 12.3. The number of amides is 1. The highest BCUT2D eigenvalue weighted by Gasteiger charge is 2.09. The Kier molecular flexibility index (Phi) is 5.57. The van der Waals surface area contributed by atoms with Gasteiger partial charge in [-0.3, -0.25) is 4.79 Å². The van der Waals surface area contributed by atoms with Crippen LogP contribution in [0.3, 0.4) is 0 Å². The number of carbonyl (C=O) groups is 1. The van der Waals surface area contributed by atoms with Crippen molar-refractivity contribution in [3.05, 3.63) is 71.1 Å². The quantitative estimate of drug-likeness (QED) is 0.680. The van der Waals surface area contributed by atoms with Gasteiger partial charge in [0.2, 0.25) is 0 Å². The van der Waals surface area contributed by atoms with Crippen LogP contribution < -0.4 is 15.5 Å². The van der Waals surface area contributed by atoms with E-state index in [1.807, 2.05) is 68.4 Å². The molecule has 0 aliphatic heterocycles. The molecular formula is C20H20ClN5O. The molecule has 0 aliphatic carbocycles. The molecule has 3 aromatic rings. The Morgan fingerprint density at radius 1 is 1.00 bits per heavy atom. The Labute approximate surface area is 163 Å². The number of anilines is 4. The highest BCUT2D eigenvalue weighted by Crippen LogP contribution is 2.22. The van der Waals surface area contributed by atoms with Gasteiger partial charge in [-0.2, -0.15) is 0 Å². The fourth-order valence-electron chi connectivity index (χ4n) is 2.37. The minimum atomic E-state index is -0.315. The molecule has 0 saturated carbocycles. The van der Waals surface area contributed by atoms with Crippen molar-refractivity contribution in [2.75, 3.05) is 29.6 Å². The van der Waals surface area contributed by atoms with E-state index in [0.29, 0.717) is 16.5 Å². The summed E-state index contributed by atoms with van der Waals surface area (Å²) in [5, 5.41) is 6.59. The second kappa shape index (κ2) is 8.05. The first-order valence-corrected chi connectivity index (χ1v) is 8.74. The fourth-order valence-corrected chi connectivity index (χ4v) is 2.55. The van der Waals surface area contributed by atoms with Crippen LogP contribution in [0.15, 0.2) is 54.9 Å². The summed E-state index contributed by atoms with van der Waals surface area (Å²) < 4.78 is 0. The molecule has 1 amide bonds. The van der Waals surface area contributed by atoms with Gasteiger partial charge in [-0.25, -0.2) is 9.97 Å². The lowest BCUT2D eigenvalue weighted by molar-refractivity contribution is 0.102. The van der Waals surface area contributed by atoms with Gasteiger partial charge < -0.3 is 15.5 Å². The standard InChI is InChI=1S/C20H20ClN5O/c1-13-4-5-15(10-17(13)21)24-19-12-22-18(11-23-19)20(27)25-14-6-8-16(9-7-14)26(2)3/h4-12H,1-3H3,(H,23,24)(H,25,27). The van der Waals surface area contributed by atoms with Crippen molar-refractivity contribution in [1.82, 2.24) is 9.97 Å². The predicted molar refractivity (Wildman–Crippen MR) is 110 cm³/mol. The van der Waals surface area contributed by atoms with Gasteiger partial charge in [-0.05, 0) is 48.9 Å². The SMILES string of the molecule is Cc1ccc(Nc2cnc(C(=O)Nc3ccc(N(C)C)cc3)cn2)cc1Cl. The first-order valence-electron chi connectivity index (χ1n) is 8.36. The summed E-state index contributed by atoms with van der Waals surface area (Å²) >= 11 is 6.12. The zero-order valence-corrected chi connectivity index (χ0v) is 16.1. The number of aromatic nitrogens is 2. The molecule has 2 N–H and O–H groups in total. The molecule has 0 spiro atoms. The topological polar surface area (TPSA) is 70.2 Å². The first kappa shape index (κ1) is 18.7. The molecule has 0 bridgehead atoms. The van der Waals surface area contributed by atoms with Crippen LogP contribution in [-0.2, 0) is 0 Å². The molecule has 138 valence electrons. The number of halogens is 1. The van der Waals surface area contributed by atoms with Crippen LogP contribution in [0, 0.1) is 6.92 Å². The van der Waals surface area contributed by atoms with Gasteiger partial charge in [0.05, 0.1) is 12.4 Å². The second-order valence-corrected chi connectivity index (χ2v) is 6.68. The average molecular weight is 382 g/mol. The smallest absolute Gasteiger partial charge is 0.275 e. The molecule has 3 rings (SSSR count). The third-order valence-electron chi connectivity index (χ3n) is 3.97. The molecule has 1 aromatic heterocycles. The third-order valence-corrected chi connectivity index (χ3v) is 4.38. The number of nitrogens with zero attached hydrogens (tertiary/aromatic N) is 3. The van der Waals surface area contributed by atoms with E-state index >= 15 is 0 Å². The number of aryl methyl sites for hydroxylation is 1. The van der Waals surface area contributed by atoms with Crippen LogP contribution in [0.5, 0.6) is 0 Å². The summed E-state index contributed by atoms with van der Waals surface area (Å²) in [4.78, 5) is 22.7. The number of carbonyl (C=O) groups excluding carboxylic acids is 1. The van der Waals surface area contributed by atoms with Gasteiger partial charge in [-0.15, -0.1) is 0 Å². The van der Waals surface area contributed by atoms with E-state index < -0.39 is 0 Å². The molecule has 0 fully saturated rings. The lowest BCUT2D eigenvalue weighted by Gasteiger charge is -2.13. The van der Waals surface area contributed by atoms with Crippen LogP contribution in [0.25, 0.3) is 0 Å². The monoisotopic (exact) mass is 381 g/mol. The van der Waals surface area contributed by atoms with E-state index in [4.69, 9.17) is 11.6 Å². The Bertz CT molecular complexity index is 940. The molecule has 0 aliphatic rings. The lowest BCUT2D eigenvalue weighted by atomic mass is 10.2. The summed E-state index contributed by atoms with van der Waals surface area (Å²) in [5.41, 5.74) is 3.79. The molecule has 0 radical (unpaired) electrons. The summed E-state index contributed by atoms with van der Waals surface area (Å²) in [7, 11) is 3.92. The zero-order chi connectivity index (χ0) is 19.4. The number of nitrogens with one attached hydrogen (secondary N) is 2. The molecule has 0 unspecified atom stereocenters. The summed E-state index contributed by atoms with van der Waals surface area (Å²) in [5.74, 6) is 0.215. The van der Waals surface area contributed by atoms with Crippen molar-refractivity contribution in [3.63, 3.8) is 0 Å². The van der Waals surface area contributed by atoms with Crippen LogP contribution in [-0.4, -0.2) is 30.0 Å². The lowest BCUT2D eigenvalue weighted by Crippen LogP contribution is -2.14. The van der Waals surface area contributed by atoms with Gasteiger partial charge in [0.25, 0.3) is 5.91 Å². The number of hydrogen-bond donors (Lipinski definition) is 2. The molecular weight excluding hydrogens is 362 g/mol. The fraction of sp³-hybridized carbons (Fsp3) is 0.150. The van der Waals surface area contributed by atoms with Crippen molar-refractivity contribution in [1.29, 1.82) is 0 Å². The molecule has 0 saturated heterocycles. The Morgan fingerprint density at radius 3 is 2.30 bits per heavy atom. The van der Waals surface area contributed by atoms with E-state index in [1.54, 1.807) is 0 Å². The Morgan fingerprint density at radius 2 is 1.70 bits per heavy atom. The average Bonchev–Trinajstić information content (AvgIpc) is 2.66. The molecule has 1 heterocycles. The first-order chi connectivity index (χ1) is 12.9. The minimum Gasteiger partial charge on any atom is -0.378 e. The highest BCUT2D eigenvalue weighted by atomic mass is 35.5. The van der Waals surface area contributed by atoms with Gasteiger partial charge in [0, 0.05) is 36.2 Å².